The summed E-state index contributed by atoms with van der Waals surface area (Å²) >= 11 is 0. The Kier molecular flexibility index (Phi) is 4.82. The Morgan fingerprint density at radius 3 is 2.43 bits per heavy atom. The fraction of sp³-hybridized carbons (Fsp3) is 0.714. The van der Waals surface area contributed by atoms with Crippen molar-refractivity contribution in [1.82, 2.24) is 24.3 Å². The van der Waals surface area contributed by atoms with Gasteiger partial charge < -0.3 is 14.9 Å². The van der Waals surface area contributed by atoms with Crippen LogP contribution in [0.15, 0.2) is 6.20 Å². The average molecular weight is 418 g/mol. The normalized spacial score (nSPS) is 25.2. The summed E-state index contributed by atoms with van der Waals surface area (Å²) in [5.41, 5.74) is -0.629. The number of imidazole rings is 1. The first-order chi connectivity index (χ1) is 14.1. The number of amides is 3. The van der Waals surface area contributed by atoms with Crippen LogP contribution in [0, 0.1) is 12.3 Å². The molecule has 0 aliphatic carbocycles. The van der Waals surface area contributed by atoms with Crippen LogP contribution >= 0.6 is 0 Å². The van der Waals surface area contributed by atoms with E-state index < -0.39 is 17.0 Å². The van der Waals surface area contributed by atoms with Crippen LogP contribution < -0.4 is 0 Å². The first kappa shape index (κ1) is 20.7. The molecule has 0 radical (unpaired) electrons. The van der Waals surface area contributed by atoms with Crippen molar-refractivity contribution in [3.63, 3.8) is 0 Å². The highest BCUT2D eigenvalue weighted by Crippen LogP contribution is 2.45. The fourth-order valence-corrected chi connectivity index (χ4v) is 5.56. The maximum absolute atomic E-state index is 13.7. The van der Waals surface area contributed by atoms with Crippen LogP contribution in [0.1, 0.15) is 58.0 Å². The third kappa shape index (κ3) is 2.89. The minimum Gasteiger partial charge on any atom is -0.465 e. The molecule has 30 heavy (non-hydrogen) atoms. The lowest BCUT2D eigenvalue weighted by Crippen LogP contribution is -2.65. The third-order valence-electron chi connectivity index (χ3n) is 7.18. The molecule has 0 unspecified atom stereocenters. The lowest BCUT2D eigenvalue weighted by atomic mass is 9.70. The molecular weight excluding hydrogens is 386 g/mol. The topological polar surface area (TPSA) is 99.0 Å². The summed E-state index contributed by atoms with van der Waals surface area (Å²) in [7, 11) is 0. The van der Waals surface area contributed by atoms with Gasteiger partial charge in [0.1, 0.15) is 11.4 Å². The summed E-state index contributed by atoms with van der Waals surface area (Å²) in [5, 5.41) is 9.77. The van der Waals surface area contributed by atoms with Gasteiger partial charge in [-0.25, -0.2) is 14.6 Å². The predicted octanol–water partition coefficient (Wildman–Crippen LogP) is 2.52. The van der Waals surface area contributed by atoms with E-state index in [2.05, 4.69) is 4.98 Å². The molecule has 2 fully saturated rings. The van der Waals surface area contributed by atoms with E-state index in [9.17, 15) is 19.5 Å². The minimum absolute atomic E-state index is 0.0382. The summed E-state index contributed by atoms with van der Waals surface area (Å²) < 4.78 is 1.66. The van der Waals surface area contributed by atoms with Crippen LogP contribution in [-0.4, -0.2) is 78.6 Å². The largest absolute Gasteiger partial charge is 0.465 e. The van der Waals surface area contributed by atoms with Gasteiger partial charge in [-0.3, -0.25) is 14.3 Å². The van der Waals surface area contributed by atoms with E-state index in [1.54, 1.807) is 10.8 Å². The number of nitrogens with zero attached hydrogens (tertiary/aromatic N) is 5. The molecule has 2 saturated heterocycles. The highest BCUT2D eigenvalue weighted by Gasteiger charge is 2.58. The number of likely N-dealkylation sites (tertiary alicyclic amines) is 2. The van der Waals surface area contributed by atoms with E-state index in [0.717, 1.165) is 5.69 Å². The van der Waals surface area contributed by atoms with Crippen molar-refractivity contribution in [2.24, 2.45) is 5.41 Å². The van der Waals surface area contributed by atoms with Gasteiger partial charge in [0, 0.05) is 25.7 Å². The number of carbonyl (C=O) groups is 3. The summed E-state index contributed by atoms with van der Waals surface area (Å²) in [4.78, 5) is 47.7. The van der Waals surface area contributed by atoms with E-state index in [0.29, 0.717) is 57.7 Å². The third-order valence-corrected chi connectivity index (χ3v) is 7.18. The summed E-state index contributed by atoms with van der Waals surface area (Å²) in [5.74, 6) is 0.611. The standard InChI is InChI=1S/C21H31N5O4/c1-14-22-12-16-13-24(18(28)26(14)16)15-6-10-23(11-7-15)17(27)21(20(2,3)4)8-5-9-25(21)19(29)30/h12,15H,5-11,13H2,1-4H3,(H,29,30)/t21-/m0/s1. The lowest BCUT2D eigenvalue weighted by molar-refractivity contribution is -0.150. The number of hydrogen-bond acceptors (Lipinski definition) is 4. The lowest BCUT2D eigenvalue weighted by Gasteiger charge is -2.49. The Balaban J connectivity index is 1.48. The van der Waals surface area contributed by atoms with E-state index in [4.69, 9.17) is 0 Å². The van der Waals surface area contributed by atoms with Crippen molar-refractivity contribution in [1.29, 1.82) is 0 Å². The Hall–Kier alpha value is -2.58. The van der Waals surface area contributed by atoms with Crippen LogP contribution in [0.3, 0.4) is 0 Å². The first-order valence-corrected chi connectivity index (χ1v) is 10.7. The van der Waals surface area contributed by atoms with Gasteiger partial charge in [-0.15, -0.1) is 0 Å². The van der Waals surface area contributed by atoms with E-state index in [1.165, 1.54) is 4.90 Å². The number of carbonyl (C=O) groups excluding carboxylic acids is 2. The van der Waals surface area contributed by atoms with Gasteiger partial charge in [0.2, 0.25) is 5.91 Å². The summed E-state index contributed by atoms with van der Waals surface area (Å²) in [6.45, 7) is 9.69. The quantitative estimate of drug-likeness (QED) is 0.797. The molecule has 4 rings (SSSR count). The van der Waals surface area contributed by atoms with Crippen LogP contribution in [0.5, 0.6) is 0 Å². The number of fused-ring (bicyclic) bond motifs is 1. The molecule has 3 aliphatic heterocycles. The summed E-state index contributed by atoms with van der Waals surface area (Å²) in [6.07, 6.45) is 3.36. The molecule has 9 heteroatoms. The van der Waals surface area contributed by atoms with Gasteiger partial charge in [-0.2, -0.15) is 0 Å². The van der Waals surface area contributed by atoms with Crippen molar-refractivity contribution in [2.75, 3.05) is 19.6 Å². The molecule has 9 nitrogen and oxygen atoms in total. The maximum atomic E-state index is 13.7. The van der Waals surface area contributed by atoms with E-state index in [-0.39, 0.29) is 18.0 Å². The fourth-order valence-electron chi connectivity index (χ4n) is 5.56. The van der Waals surface area contributed by atoms with Gasteiger partial charge in [-0.1, -0.05) is 20.8 Å². The molecule has 1 aromatic heterocycles. The zero-order valence-electron chi connectivity index (χ0n) is 18.2. The Morgan fingerprint density at radius 1 is 1.20 bits per heavy atom. The summed E-state index contributed by atoms with van der Waals surface area (Å²) in [6, 6.07) is 0.0365. The van der Waals surface area contributed by atoms with Crippen molar-refractivity contribution >= 4 is 18.0 Å². The number of carboxylic acid groups (broad SMARTS) is 1. The smallest absolute Gasteiger partial charge is 0.408 e. The molecule has 4 heterocycles. The monoisotopic (exact) mass is 417 g/mol. The number of aryl methyl sites for hydroxylation is 1. The Labute approximate surface area is 176 Å². The Morgan fingerprint density at radius 2 is 1.87 bits per heavy atom. The number of piperidine rings is 1. The van der Waals surface area contributed by atoms with Crippen LogP contribution in [-0.2, 0) is 11.3 Å². The highest BCUT2D eigenvalue weighted by atomic mass is 16.4. The molecule has 0 aromatic carbocycles. The molecule has 0 bridgehead atoms. The van der Waals surface area contributed by atoms with Gasteiger partial charge in [-0.05, 0) is 38.0 Å². The molecule has 0 spiro atoms. The van der Waals surface area contributed by atoms with E-state index >= 15 is 0 Å². The zero-order chi connectivity index (χ0) is 21.8. The molecular formula is C21H31N5O4. The zero-order valence-corrected chi connectivity index (χ0v) is 18.2. The van der Waals surface area contributed by atoms with Gasteiger partial charge in [0.15, 0.2) is 0 Å². The van der Waals surface area contributed by atoms with Crippen molar-refractivity contribution in [2.45, 2.75) is 71.5 Å². The minimum atomic E-state index is -1.03. The van der Waals surface area contributed by atoms with Crippen molar-refractivity contribution in [3.8, 4) is 0 Å². The van der Waals surface area contributed by atoms with E-state index in [1.807, 2.05) is 37.5 Å². The number of rotatable bonds is 2. The van der Waals surface area contributed by atoms with Gasteiger partial charge >= 0.3 is 12.1 Å². The second-order valence-electron chi connectivity index (χ2n) is 9.71. The molecule has 164 valence electrons. The first-order valence-electron chi connectivity index (χ1n) is 10.7. The number of hydrogen-bond donors (Lipinski definition) is 1. The van der Waals surface area contributed by atoms with Crippen molar-refractivity contribution in [3.05, 3.63) is 17.7 Å². The predicted molar refractivity (Wildman–Crippen MR) is 109 cm³/mol. The van der Waals surface area contributed by atoms with Crippen LogP contribution in [0.25, 0.3) is 0 Å². The molecule has 1 atom stereocenters. The average Bonchev–Trinajstić information content (AvgIpc) is 3.37. The highest BCUT2D eigenvalue weighted by molar-refractivity contribution is 5.91. The van der Waals surface area contributed by atoms with Gasteiger partial charge in [0.25, 0.3) is 0 Å². The molecule has 3 aliphatic rings. The van der Waals surface area contributed by atoms with Crippen molar-refractivity contribution < 1.29 is 19.5 Å². The maximum Gasteiger partial charge on any atom is 0.408 e. The second-order valence-corrected chi connectivity index (χ2v) is 9.71. The molecule has 1 N–H and O–H groups in total. The SMILES string of the molecule is Cc1ncc2n1C(=O)N(C1CCN(C(=O)[C@]3(C(C)(C)C)CCCN3C(=O)O)CC1)C2. The van der Waals surface area contributed by atoms with Crippen LogP contribution in [0.2, 0.25) is 0 Å². The molecule has 3 amide bonds. The van der Waals surface area contributed by atoms with Gasteiger partial charge in [0.05, 0.1) is 18.4 Å². The Bertz CT molecular complexity index is 880. The number of aromatic nitrogens is 2. The molecule has 1 aromatic rings. The molecule has 0 saturated carbocycles. The van der Waals surface area contributed by atoms with Crippen LogP contribution in [0.4, 0.5) is 9.59 Å². The second kappa shape index (κ2) is 6.99.